The van der Waals surface area contributed by atoms with Gasteiger partial charge >= 0.3 is 6.09 Å². The van der Waals surface area contributed by atoms with Gasteiger partial charge in [-0.25, -0.2) is 10.2 Å². The van der Waals surface area contributed by atoms with Crippen LogP contribution in [0.25, 0.3) is 0 Å². The largest absolute Gasteiger partial charge is 0.442 e. The standard InChI is InChI=1S/C16H15N5O2/c1-11(12-6-8-17-9-7-12)18-19-14-4-2-13(3-5-14)15-10-23-16(22)21-20-15/h2-9,19H,10H2,1H3,(H,21,22). The fourth-order valence-corrected chi connectivity index (χ4v) is 2.00. The first-order valence-electron chi connectivity index (χ1n) is 7.03. The molecule has 0 bridgehead atoms. The molecule has 3 rings (SSSR count). The Morgan fingerprint density at radius 1 is 1.22 bits per heavy atom. The topological polar surface area (TPSA) is 88.0 Å². The van der Waals surface area contributed by atoms with E-state index in [9.17, 15) is 4.79 Å². The number of cyclic esters (lactones) is 1. The molecular weight excluding hydrogens is 294 g/mol. The Labute approximate surface area is 133 Å². The predicted molar refractivity (Wildman–Crippen MR) is 87.5 cm³/mol. The van der Waals surface area contributed by atoms with E-state index in [1.54, 1.807) is 12.4 Å². The lowest BCUT2D eigenvalue weighted by atomic mass is 10.1. The van der Waals surface area contributed by atoms with E-state index < -0.39 is 6.09 Å². The number of nitrogens with zero attached hydrogens (tertiary/aromatic N) is 3. The van der Waals surface area contributed by atoms with E-state index in [4.69, 9.17) is 4.74 Å². The summed E-state index contributed by atoms with van der Waals surface area (Å²) in [6.45, 7) is 2.09. The molecule has 0 fully saturated rings. The van der Waals surface area contributed by atoms with Gasteiger partial charge in [0.1, 0.15) is 12.3 Å². The highest BCUT2D eigenvalue weighted by atomic mass is 16.6. The number of carbonyl (C=O) groups is 1. The number of hydrogen-bond donors (Lipinski definition) is 2. The first-order valence-corrected chi connectivity index (χ1v) is 7.03. The summed E-state index contributed by atoms with van der Waals surface area (Å²) in [7, 11) is 0. The number of anilines is 1. The highest BCUT2D eigenvalue weighted by molar-refractivity contribution is 6.03. The van der Waals surface area contributed by atoms with E-state index >= 15 is 0 Å². The number of amides is 1. The van der Waals surface area contributed by atoms with Crippen LogP contribution in [0.5, 0.6) is 0 Å². The van der Waals surface area contributed by atoms with Crippen molar-refractivity contribution in [2.24, 2.45) is 10.2 Å². The summed E-state index contributed by atoms with van der Waals surface area (Å²) >= 11 is 0. The number of benzene rings is 1. The van der Waals surface area contributed by atoms with Crippen molar-refractivity contribution in [3.8, 4) is 0 Å². The molecule has 7 heteroatoms. The molecule has 2 aromatic rings. The second kappa shape index (κ2) is 6.69. The molecule has 0 spiro atoms. The molecule has 1 aliphatic rings. The Balaban J connectivity index is 1.67. The molecular formula is C16H15N5O2. The second-order valence-electron chi connectivity index (χ2n) is 4.87. The van der Waals surface area contributed by atoms with E-state index in [1.165, 1.54) is 0 Å². The van der Waals surface area contributed by atoms with Gasteiger partial charge in [-0.05, 0) is 31.2 Å². The lowest BCUT2D eigenvalue weighted by Crippen LogP contribution is -2.30. The number of rotatable bonds is 4. The third-order valence-corrected chi connectivity index (χ3v) is 3.29. The molecule has 2 heterocycles. The summed E-state index contributed by atoms with van der Waals surface area (Å²) in [6, 6.07) is 11.4. The average Bonchev–Trinajstić information content (AvgIpc) is 2.61. The highest BCUT2D eigenvalue weighted by Crippen LogP contribution is 2.12. The summed E-state index contributed by atoms with van der Waals surface area (Å²) in [4.78, 5) is 14.9. The molecule has 0 aliphatic carbocycles. The van der Waals surface area contributed by atoms with E-state index in [1.807, 2.05) is 43.3 Å². The molecule has 1 aliphatic heterocycles. The van der Waals surface area contributed by atoms with Crippen molar-refractivity contribution in [2.45, 2.75) is 6.92 Å². The zero-order valence-electron chi connectivity index (χ0n) is 12.5. The zero-order chi connectivity index (χ0) is 16.1. The summed E-state index contributed by atoms with van der Waals surface area (Å²) in [5.74, 6) is 0. The molecule has 0 unspecified atom stereocenters. The van der Waals surface area contributed by atoms with Crippen LogP contribution in [0.15, 0.2) is 59.0 Å². The lowest BCUT2D eigenvalue weighted by molar-refractivity contribution is 0.157. The van der Waals surface area contributed by atoms with Crippen LogP contribution < -0.4 is 10.9 Å². The summed E-state index contributed by atoms with van der Waals surface area (Å²) in [6.07, 6.45) is 2.93. The second-order valence-corrected chi connectivity index (χ2v) is 4.87. The van der Waals surface area contributed by atoms with Gasteiger partial charge in [-0.2, -0.15) is 10.2 Å². The predicted octanol–water partition coefficient (Wildman–Crippen LogP) is 2.36. The number of hydrazone groups is 2. The first-order chi connectivity index (χ1) is 11.2. The van der Waals surface area contributed by atoms with Crippen LogP contribution in [-0.4, -0.2) is 29.1 Å². The number of ether oxygens (including phenoxy) is 1. The molecule has 0 radical (unpaired) electrons. The van der Waals surface area contributed by atoms with Crippen LogP contribution in [0.1, 0.15) is 18.1 Å². The zero-order valence-corrected chi connectivity index (χ0v) is 12.5. The van der Waals surface area contributed by atoms with Gasteiger partial charge in [-0.1, -0.05) is 12.1 Å². The molecule has 1 amide bonds. The number of pyridine rings is 1. The fourth-order valence-electron chi connectivity index (χ4n) is 2.00. The molecule has 2 N–H and O–H groups in total. The van der Waals surface area contributed by atoms with Crippen LogP contribution in [0.3, 0.4) is 0 Å². The maximum Gasteiger partial charge on any atom is 0.428 e. The van der Waals surface area contributed by atoms with Crippen molar-refractivity contribution < 1.29 is 9.53 Å². The Bertz CT molecular complexity index is 754. The quantitative estimate of drug-likeness (QED) is 0.670. The maximum absolute atomic E-state index is 10.9. The molecule has 23 heavy (non-hydrogen) atoms. The highest BCUT2D eigenvalue weighted by Gasteiger charge is 2.13. The monoisotopic (exact) mass is 309 g/mol. The van der Waals surface area contributed by atoms with Gasteiger partial charge in [0, 0.05) is 23.5 Å². The SMILES string of the molecule is CC(=NNc1ccc(C2=NNC(=O)OC2)cc1)c1ccncc1. The molecule has 0 saturated carbocycles. The Morgan fingerprint density at radius 2 is 1.96 bits per heavy atom. The van der Waals surface area contributed by atoms with Gasteiger partial charge in [0.15, 0.2) is 0 Å². The molecule has 0 saturated heterocycles. The molecule has 116 valence electrons. The van der Waals surface area contributed by atoms with Gasteiger partial charge in [0.25, 0.3) is 0 Å². The van der Waals surface area contributed by atoms with Gasteiger partial charge in [-0.3, -0.25) is 10.4 Å². The van der Waals surface area contributed by atoms with Crippen molar-refractivity contribution >= 4 is 23.2 Å². The van der Waals surface area contributed by atoms with E-state index in [0.717, 1.165) is 22.5 Å². The van der Waals surface area contributed by atoms with Gasteiger partial charge in [-0.15, -0.1) is 0 Å². The third-order valence-electron chi connectivity index (χ3n) is 3.29. The Kier molecular flexibility index (Phi) is 4.28. The van der Waals surface area contributed by atoms with Crippen LogP contribution in [0.4, 0.5) is 10.5 Å². The first kappa shape index (κ1) is 14.7. The summed E-state index contributed by atoms with van der Waals surface area (Å²) in [5, 5.41) is 8.31. The lowest BCUT2D eigenvalue weighted by Gasteiger charge is -2.13. The third kappa shape index (κ3) is 3.70. The van der Waals surface area contributed by atoms with Gasteiger partial charge < -0.3 is 4.74 Å². The van der Waals surface area contributed by atoms with E-state index in [-0.39, 0.29) is 6.61 Å². The number of aromatic nitrogens is 1. The number of nitrogens with one attached hydrogen (secondary N) is 2. The van der Waals surface area contributed by atoms with Crippen molar-refractivity contribution in [2.75, 3.05) is 12.0 Å². The fraction of sp³-hybridized carbons (Fsp3) is 0.125. The maximum atomic E-state index is 10.9. The van der Waals surface area contributed by atoms with E-state index in [2.05, 4.69) is 26.0 Å². The van der Waals surface area contributed by atoms with E-state index in [0.29, 0.717) is 5.71 Å². The number of carbonyl (C=O) groups excluding carboxylic acids is 1. The Morgan fingerprint density at radius 3 is 2.61 bits per heavy atom. The van der Waals surface area contributed by atoms with Crippen molar-refractivity contribution in [3.05, 3.63) is 59.9 Å². The van der Waals surface area contributed by atoms with Crippen LogP contribution >= 0.6 is 0 Å². The van der Waals surface area contributed by atoms with Gasteiger partial charge in [0.2, 0.25) is 0 Å². The van der Waals surface area contributed by atoms with Gasteiger partial charge in [0.05, 0.1) is 11.4 Å². The minimum atomic E-state index is -0.534. The van der Waals surface area contributed by atoms with Crippen LogP contribution in [0.2, 0.25) is 0 Å². The summed E-state index contributed by atoms with van der Waals surface area (Å²) in [5.41, 5.74) is 9.57. The smallest absolute Gasteiger partial charge is 0.428 e. The van der Waals surface area contributed by atoms with Crippen molar-refractivity contribution in [3.63, 3.8) is 0 Å². The average molecular weight is 309 g/mol. The molecule has 1 aromatic carbocycles. The van der Waals surface area contributed by atoms with Crippen LogP contribution in [0, 0.1) is 0 Å². The normalized spacial score (nSPS) is 14.6. The van der Waals surface area contributed by atoms with Crippen molar-refractivity contribution in [1.29, 1.82) is 0 Å². The Hall–Kier alpha value is -3.22. The summed E-state index contributed by atoms with van der Waals surface area (Å²) < 4.78 is 4.88. The minimum Gasteiger partial charge on any atom is -0.442 e. The number of hydrogen-bond acceptors (Lipinski definition) is 6. The molecule has 0 atom stereocenters. The minimum absolute atomic E-state index is 0.165. The van der Waals surface area contributed by atoms with Crippen molar-refractivity contribution in [1.82, 2.24) is 10.4 Å². The molecule has 7 nitrogen and oxygen atoms in total. The van der Waals surface area contributed by atoms with Crippen LogP contribution in [-0.2, 0) is 4.74 Å². The molecule has 1 aromatic heterocycles.